The lowest BCUT2D eigenvalue weighted by Gasteiger charge is -2.38. The minimum Gasteiger partial charge on any atom is -0.453 e. The standard InChI is InChI=1S/C57H39NO2/c1-2-14-37(15-3-1)40-28-30-51-53(33-40)59-55-35-44(49-27-13-20-39-17-5-8-23-46(39)49)36-56-57(55)58(51)52-31-29-43(34-54(52)60-56)45-22-7-4-16-38(45)19-12-21-42-32-41-18-6-9-24-47(41)50-26-11-10-25-48(42)50/h1-11,13-18,20,22-36H,12,19,21H2. The van der Waals surface area contributed by atoms with Gasteiger partial charge in [0.1, 0.15) is 5.69 Å². The molecule has 0 aliphatic carbocycles. The van der Waals surface area contributed by atoms with Gasteiger partial charge in [0.25, 0.3) is 0 Å². The van der Waals surface area contributed by atoms with Crippen LogP contribution in [0, 0.1) is 0 Å². The summed E-state index contributed by atoms with van der Waals surface area (Å²) in [5.74, 6) is 3.17. The minimum atomic E-state index is 0.771. The van der Waals surface area contributed by atoms with Crippen LogP contribution in [0.15, 0.2) is 200 Å². The van der Waals surface area contributed by atoms with Gasteiger partial charge in [0.2, 0.25) is 0 Å². The van der Waals surface area contributed by atoms with Crippen LogP contribution in [-0.4, -0.2) is 0 Å². The molecule has 3 heteroatoms. The second kappa shape index (κ2) is 14.0. The van der Waals surface area contributed by atoms with E-state index in [-0.39, 0.29) is 0 Å². The number of hydrogen-bond acceptors (Lipinski definition) is 3. The second-order valence-electron chi connectivity index (χ2n) is 15.9. The molecule has 0 radical (unpaired) electrons. The van der Waals surface area contributed by atoms with Gasteiger partial charge in [0, 0.05) is 0 Å². The van der Waals surface area contributed by atoms with Gasteiger partial charge in [-0.2, -0.15) is 0 Å². The fourth-order valence-electron chi connectivity index (χ4n) is 9.57. The molecule has 10 aromatic carbocycles. The van der Waals surface area contributed by atoms with Crippen LogP contribution >= 0.6 is 0 Å². The van der Waals surface area contributed by atoms with Crippen LogP contribution in [0.3, 0.4) is 0 Å². The number of aryl methyl sites for hydroxylation is 2. The lowest BCUT2D eigenvalue weighted by molar-refractivity contribution is 0.446. The predicted molar refractivity (Wildman–Crippen MR) is 249 cm³/mol. The van der Waals surface area contributed by atoms with E-state index in [2.05, 4.69) is 205 Å². The average molecular weight is 770 g/mol. The molecule has 284 valence electrons. The van der Waals surface area contributed by atoms with E-state index in [9.17, 15) is 0 Å². The second-order valence-corrected chi connectivity index (χ2v) is 15.9. The fourth-order valence-corrected chi connectivity index (χ4v) is 9.57. The molecule has 0 spiro atoms. The van der Waals surface area contributed by atoms with Crippen molar-refractivity contribution in [3.63, 3.8) is 0 Å². The summed E-state index contributed by atoms with van der Waals surface area (Å²) in [6.07, 6.45) is 3.02. The van der Waals surface area contributed by atoms with Gasteiger partial charge in [-0.05, 0) is 132 Å². The van der Waals surface area contributed by atoms with Crippen LogP contribution in [0.4, 0.5) is 17.1 Å². The third-order valence-corrected chi connectivity index (χ3v) is 12.4. The van der Waals surface area contributed by atoms with Crippen LogP contribution in [0.1, 0.15) is 17.5 Å². The van der Waals surface area contributed by atoms with E-state index in [1.807, 2.05) is 0 Å². The van der Waals surface area contributed by atoms with E-state index in [4.69, 9.17) is 9.47 Å². The van der Waals surface area contributed by atoms with E-state index in [0.717, 1.165) is 87.1 Å². The highest BCUT2D eigenvalue weighted by Gasteiger charge is 2.36. The molecule has 0 unspecified atom stereocenters. The third kappa shape index (κ3) is 5.73. The zero-order valence-electron chi connectivity index (χ0n) is 32.9. The number of benzene rings is 10. The average Bonchev–Trinajstić information content (AvgIpc) is 3.31. The molecule has 0 fully saturated rings. The summed E-state index contributed by atoms with van der Waals surface area (Å²) < 4.78 is 13.9. The number of rotatable bonds is 7. The van der Waals surface area contributed by atoms with Crippen molar-refractivity contribution < 1.29 is 9.47 Å². The Bertz CT molecular complexity index is 3310. The van der Waals surface area contributed by atoms with Crippen LogP contribution in [0.2, 0.25) is 0 Å². The monoisotopic (exact) mass is 769 g/mol. The van der Waals surface area contributed by atoms with Crippen molar-refractivity contribution in [1.29, 1.82) is 0 Å². The Balaban J connectivity index is 0.931. The van der Waals surface area contributed by atoms with E-state index in [0.29, 0.717) is 0 Å². The molecule has 3 nitrogen and oxygen atoms in total. The molecule has 0 atom stereocenters. The van der Waals surface area contributed by atoms with Crippen LogP contribution in [0.5, 0.6) is 23.0 Å². The summed E-state index contributed by atoms with van der Waals surface area (Å²) in [5, 5.41) is 7.69. The van der Waals surface area contributed by atoms with Crippen LogP contribution in [-0.2, 0) is 12.8 Å². The molecule has 12 rings (SSSR count). The molecular weight excluding hydrogens is 731 g/mol. The predicted octanol–water partition coefficient (Wildman–Crippen LogP) is 16.0. The maximum atomic E-state index is 7.00. The van der Waals surface area contributed by atoms with Gasteiger partial charge in [0.15, 0.2) is 23.0 Å². The number of hydrogen-bond donors (Lipinski definition) is 0. The van der Waals surface area contributed by atoms with E-state index in [1.165, 1.54) is 49.0 Å². The maximum absolute atomic E-state index is 7.00. The molecule has 2 aliphatic heterocycles. The lowest BCUT2D eigenvalue weighted by Crippen LogP contribution is -2.20. The Labute approximate surface area is 349 Å². The summed E-state index contributed by atoms with van der Waals surface area (Å²) in [6.45, 7) is 0. The first-order valence-electron chi connectivity index (χ1n) is 20.9. The van der Waals surface area contributed by atoms with E-state index < -0.39 is 0 Å². The number of ether oxygens (including phenoxy) is 2. The van der Waals surface area contributed by atoms with E-state index in [1.54, 1.807) is 0 Å². The van der Waals surface area contributed by atoms with Crippen molar-refractivity contribution in [2.75, 3.05) is 4.90 Å². The van der Waals surface area contributed by atoms with Crippen molar-refractivity contribution in [3.05, 3.63) is 211 Å². The minimum absolute atomic E-state index is 0.771. The first-order chi connectivity index (χ1) is 29.7. The van der Waals surface area contributed by atoms with Gasteiger partial charge in [-0.3, -0.25) is 4.90 Å². The first-order valence-corrected chi connectivity index (χ1v) is 20.9. The topological polar surface area (TPSA) is 21.7 Å². The maximum Gasteiger partial charge on any atom is 0.156 e. The Morgan fingerprint density at radius 1 is 0.333 bits per heavy atom. The quantitative estimate of drug-likeness (QED) is 0.151. The van der Waals surface area contributed by atoms with Gasteiger partial charge in [0.05, 0.1) is 11.4 Å². The molecule has 60 heavy (non-hydrogen) atoms. The van der Waals surface area contributed by atoms with Crippen LogP contribution in [0.25, 0.3) is 65.7 Å². The molecule has 0 saturated carbocycles. The summed E-state index contributed by atoms with van der Waals surface area (Å²) in [5.41, 5.74) is 12.5. The fraction of sp³-hybridized carbons (Fsp3) is 0.0526. The molecule has 2 aliphatic rings. The Morgan fingerprint density at radius 3 is 1.70 bits per heavy atom. The van der Waals surface area contributed by atoms with Crippen molar-refractivity contribution in [2.24, 2.45) is 0 Å². The Kier molecular flexibility index (Phi) is 8.05. The zero-order chi connectivity index (χ0) is 39.6. The normalized spacial score (nSPS) is 12.4. The molecule has 10 aromatic rings. The van der Waals surface area contributed by atoms with Gasteiger partial charge in [-0.15, -0.1) is 0 Å². The van der Waals surface area contributed by atoms with Crippen LogP contribution < -0.4 is 14.4 Å². The van der Waals surface area contributed by atoms with Gasteiger partial charge >= 0.3 is 0 Å². The number of fused-ring (bicyclic) bond motifs is 8. The van der Waals surface area contributed by atoms with Crippen molar-refractivity contribution >= 4 is 49.4 Å². The number of nitrogens with zero attached hydrogens (tertiary/aromatic N) is 1. The lowest BCUT2D eigenvalue weighted by atomic mass is 9.92. The summed E-state index contributed by atoms with van der Waals surface area (Å²) in [6, 6.07) is 72.0. The molecule has 0 saturated heterocycles. The van der Waals surface area contributed by atoms with Gasteiger partial charge in [-0.25, -0.2) is 0 Å². The molecular formula is C57H39NO2. The van der Waals surface area contributed by atoms with Gasteiger partial charge in [-0.1, -0.05) is 164 Å². The highest BCUT2D eigenvalue weighted by atomic mass is 16.5. The largest absolute Gasteiger partial charge is 0.453 e. The Morgan fingerprint density at radius 2 is 0.900 bits per heavy atom. The molecule has 0 bridgehead atoms. The Hall–Kier alpha value is -7.62. The molecule has 0 aromatic heterocycles. The molecule has 0 amide bonds. The molecule has 2 heterocycles. The van der Waals surface area contributed by atoms with Crippen molar-refractivity contribution in [1.82, 2.24) is 0 Å². The van der Waals surface area contributed by atoms with Crippen molar-refractivity contribution in [2.45, 2.75) is 19.3 Å². The SMILES string of the molecule is c1ccc(-c2ccc3c(c2)Oc2cc(-c4cccc5ccccc45)cc4c2N3c2ccc(-c3ccccc3CCCc3cc5ccccc5c5ccccc35)cc2O4)cc1. The summed E-state index contributed by atoms with van der Waals surface area (Å²) in [7, 11) is 0. The first kappa shape index (κ1) is 34.4. The smallest absolute Gasteiger partial charge is 0.156 e. The summed E-state index contributed by atoms with van der Waals surface area (Å²) in [4.78, 5) is 2.33. The van der Waals surface area contributed by atoms with Gasteiger partial charge < -0.3 is 9.47 Å². The molecule has 0 N–H and O–H groups in total. The number of anilines is 3. The van der Waals surface area contributed by atoms with Crippen molar-refractivity contribution in [3.8, 4) is 56.4 Å². The summed E-state index contributed by atoms with van der Waals surface area (Å²) >= 11 is 0. The third-order valence-electron chi connectivity index (χ3n) is 12.4. The zero-order valence-corrected chi connectivity index (χ0v) is 32.9. The highest BCUT2D eigenvalue weighted by molar-refractivity contribution is 6.09. The highest BCUT2D eigenvalue weighted by Crippen LogP contribution is 2.61. The van der Waals surface area contributed by atoms with E-state index >= 15 is 0 Å².